The Labute approximate surface area is 115 Å². The van der Waals surface area contributed by atoms with Gasteiger partial charge >= 0.3 is 0 Å². The molecule has 0 radical (unpaired) electrons. The fourth-order valence-corrected chi connectivity index (χ4v) is 2.15. The van der Waals surface area contributed by atoms with E-state index in [-0.39, 0.29) is 0 Å². The molecule has 1 aromatic heterocycles. The van der Waals surface area contributed by atoms with Crippen LogP contribution in [0, 0.1) is 0 Å². The standard InChI is InChI=1S/C14H15BrN2O/c15-13-10-12(16)3-4-14(13)18-9-1-2-11-5-7-17-8-6-11/h3-8,10H,1-2,9,16H2. The Kier molecular flexibility index (Phi) is 4.59. The highest BCUT2D eigenvalue weighted by Gasteiger charge is 2.01. The second-order valence-electron chi connectivity index (χ2n) is 4.00. The first-order valence-corrected chi connectivity index (χ1v) is 6.62. The average Bonchev–Trinajstić information content (AvgIpc) is 2.38. The van der Waals surface area contributed by atoms with Crippen LogP contribution in [0.2, 0.25) is 0 Å². The van der Waals surface area contributed by atoms with Crippen LogP contribution in [0.1, 0.15) is 12.0 Å². The van der Waals surface area contributed by atoms with E-state index in [9.17, 15) is 0 Å². The Morgan fingerprint density at radius 2 is 1.94 bits per heavy atom. The van der Waals surface area contributed by atoms with Crippen LogP contribution in [-0.2, 0) is 6.42 Å². The Balaban J connectivity index is 1.79. The number of hydrogen-bond donors (Lipinski definition) is 1. The number of benzene rings is 1. The van der Waals surface area contributed by atoms with E-state index in [2.05, 4.69) is 20.9 Å². The van der Waals surface area contributed by atoms with E-state index in [1.165, 1.54) is 5.56 Å². The molecule has 94 valence electrons. The normalized spacial score (nSPS) is 10.3. The SMILES string of the molecule is Nc1ccc(OCCCc2ccncc2)c(Br)c1. The summed E-state index contributed by atoms with van der Waals surface area (Å²) in [5.41, 5.74) is 7.68. The number of nitrogens with zero attached hydrogens (tertiary/aromatic N) is 1. The molecule has 0 atom stereocenters. The van der Waals surface area contributed by atoms with Crippen LogP contribution in [0.4, 0.5) is 5.69 Å². The number of ether oxygens (including phenoxy) is 1. The average molecular weight is 307 g/mol. The van der Waals surface area contributed by atoms with Gasteiger partial charge in [0, 0.05) is 18.1 Å². The van der Waals surface area contributed by atoms with Crippen LogP contribution in [0.15, 0.2) is 47.2 Å². The van der Waals surface area contributed by atoms with Gasteiger partial charge in [-0.05, 0) is 64.7 Å². The molecule has 2 rings (SSSR count). The van der Waals surface area contributed by atoms with Gasteiger partial charge in [0.1, 0.15) is 5.75 Å². The molecule has 0 spiro atoms. The molecular weight excluding hydrogens is 292 g/mol. The van der Waals surface area contributed by atoms with Gasteiger partial charge in [0.2, 0.25) is 0 Å². The van der Waals surface area contributed by atoms with Gasteiger partial charge in [-0.1, -0.05) is 0 Å². The van der Waals surface area contributed by atoms with E-state index in [1.807, 2.05) is 42.7 Å². The van der Waals surface area contributed by atoms with Gasteiger partial charge < -0.3 is 10.5 Å². The third-order valence-corrected chi connectivity index (χ3v) is 3.19. The number of aromatic nitrogens is 1. The van der Waals surface area contributed by atoms with Crippen molar-refractivity contribution >= 4 is 21.6 Å². The predicted molar refractivity (Wildman–Crippen MR) is 76.6 cm³/mol. The lowest BCUT2D eigenvalue weighted by atomic mass is 10.1. The van der Waals surface area contributed by atoms with Crippen molar-refractivity contribution in [3.63, 3.8) is 0 Å². The molecule has 1 heterocycles. The number of nitrogens with two attached hydrogens (primary N) is 1. The van der Waals surface area contributed by atoms with E-state index in [0.29, 0.717) is 6.61 Å². The van der Waals surface area contributed by atoms with E-state index in [1.54, 1.807) is 0 Å². The van der Waals surface area contributed by atoms with E-state index < -0.39 is 0 Å². The molecule has 0 unspecified atom stereocenters. The van der Waals surface area contributed by atoms with Crippen LogP contribution in [-0.4, -0.2) is 11.6 Å². The molecule has 0 amide bonds. The zero-order chi connectivity index (χ0) is 12.8. The second-order valence-corrected chi connectivity index (χ2v) is 4.85. The van der Waals surface area contributed by atoms with Crippen molar-refractivity contribution in [3.05, 3.63) is 52.8 Å². The van der Waals surface area contributed by atoms with Crippen molar-refractivity contribution in [1.82, 2.24) is 4.98 Å². The summed E-state index contributed by atoms with van der Waals surface area (Å²) in [5, 5.41) is 0. The zero-order valence-corrected chi connectivity index (χ0v) is 11.6. The Morgan fingerprint density at radius 3 is 2.67 bits per heavy atom. The molecular formula is C14H15BrN2O. The summed E-state index contributed by atoms with van der Waals surface area (Å²) >= 11 is 3.43. The number of rotatable bonds is 5. The van der Waals surface area contributed by atoms with E-state index >= 15 is 0 Å². The van der Waals surface area contributed by atoms with Crippen LogP contribution >= 0.6 is 15.9 Å². The Hall–Kier alpha value is -1.55. The number of pyridine rings is 1. The molecule has 0 saturated heterocycles. The minimum Gasteiger partial charge on any atom is -0.492 e. The Bertz CT molecular complexity index is 502. The highest BCUT2D eigenvalue weighted by atomic mass is 79.9. The van der Waals surface area contributed by atoms with Crippen LogP contribution < -0.4 is 10.5 Å². The molecule has 4 heteroatoms. The molecule has 1 aromatic carbocycles. The maximum absolute atomic E-state index is 5.70. The second kappa shape index (κ2) is 6.40. The third-order valence-electron chi connectivity index (χ3n) is 2.57. The molecule has 0 aliphatic heterocycles. The van der Waals surface area contributed by atoms with Gasteiger partial charge in [0.05, 0.1) is 11.1 Å². The molecule has 0 saturated carbocycles. The van der Waals surface area contributed by atoms with Crippen molar-refractivity contribution in [3.8, 4) is 5.75 Å². The highest BCUT2D eigenvalue weighted by Crippen LogP contribution is 2.26. The first kappa shape index (κ1) is 12.9. The van der Waals surface area contributed by atoms with Crippen LogP contribution in [0.25, 0.3) is 0 Å². The summed E-state index contributed by atoms with van der Waals surface area (Å²) in [7, 11) is 0. The Morgan fingerprint density at radius 1 is 1.17 bits per heavy atom. The van der Waals surface area contributed by atoms with Gasteiger partial charge in [-0.15, -0.1) is 0 Å². The van der Waals surface area contributed by atoms with E-state index in [0.717, 1.165) is 28.8 Å². The number of halogens is 1. The van der Waals surface area contributed by atoms with Crippen molar-refractivity contribution in [1.29, 1.82) is 0 Å². The smallest absolute Gasteiger partial charge is 0.133 e. The fraction of sp³-hybridized carbons (Fsp3) is 0.214. The summed E-state index contributed by atoms with van der Waals surface area (Å²) in [6.07, 6.45) is 5.59. The van der Waals surface area contributed by atoms with Gasteiger partial charge in [-0.2, -0.15) is 0 Å². The highest BCUT2D eigenvalue weighted by molar-refractivity contribution is 9.10. The lowest BCUT2D eigenvalue weighted by molar-refractivity contribution is 0.309. The van der Waals surface area contributed by atoms with Crippen LogP contribution in [0.5, 0.6) is 5.75 Å². The largest absolute Gasteiger partial charge is 0.492 e. The molecule has 2 N–H and O–H groups in total. The minimum atomic E-state index is 0.685. The molecule has 18 heavy (non-hydrogen) atoms. The quantitative estimate of drug-likeness (QED) is 0.680. The van der Waals surface area contributed by atoms with Gasteiger partial charge in [0.15, 0.2) is 0 Å². The first-order valence-electron chi connectivity index (χ1n) is 5.82. The predicted octanol–water partition coefficient (Wildman–Crippen LogP) is 3.44. The first-order chi connectivity index (χ1) is 8.75. The van der Waals surface area contributed by atoms with Gasteiger partial charge in [-0.3, -0.25) is 4.98 Å². The lowest BCUT2D eigenvalue weighted by Gasteiger charge is -2.08. The van der Waals surface area contributed by atoms with Crippen molar-refractivity contribution in [2.45, 2.75) is 12.8 Å². The third kappa shape index (κ3) is 3.74. The van der Waals surface area contributed by atoms with E-state index in [4.69, 9.17) is 10.5 Å². The van der Waals surface area contributed by atoms with Crippen LogP contribution in [0.3, 0.4) is 0 Å². The number of aryl methyl sites for hydroxylation is 1. The molecule has 0 fully saturated rings. The maximum atomic E-state index is 5.70. The summed E-state index contributed by atoms with van der Waals surface area (Å²) in [5.74, 6) is 0.832. The number of anilines is 1. The lowest BCUT2D eigenvalue weighted by Crippen LogP contribution is -2.00. The fourth-order valence-electron chi connectivity index (χ4n) is 1.64. The zero-order valence-electron chi connectivity index (χ0n) is 9.97. The van der Waals surface area contributed by atoms with Crippen molar-refractivity contribution in [2.24, 2.45) is 0 Å². The van der Waals surface area contributed by atoms with Crippen molar-refractivity contribution in [2.75, 3.05) is 12.3 Å². The summed E-state index contributed by atoms with van der Waals surface area (Å²) in [6.45, 7) is 0.685. The summed E-state index contributed by atoms with van der Waals surface area (Å²) in [4.78, 5) is 3.99. The van der Waals surface area contributed by atoms with Gasteiger partial charge in [0.25, 0.3) is 0 Å². The number of hydrogen-bond acceptors (Lipinski definition) is 3. The molecule has 0 aliphatic carbocycles. The molecule has 0 bridgehead atoms. The molecule has 3 nitrogen and oxygen atoms in total. The topological polar surface area (TPSA) is 48.1 Å². The van der Waals surface area contributed by atoms with Gasteiger partial charge in [-0.25, -0.2) is 0 Å². The molecule has 0 aliphatic rings. The maximum Gasteiger partial charge on any atom is 0.133 e. The summed E-state index contributed by atoms with van der Waals surface area (Å²) < 4.78 is 6.59. The van der Waals surface area contributed by atoms with Crippen molar-refractivity contribution < 1.29 is 4.74 Å². The summed E-state index contributed by atoms with van der Waals surface area (Å²) in [6, 6.07) is 9.62. The molecule has 2 aromatic rings. The minimum absolute atomic E-state index is 0.685. The number of nitrogen functional groups attached to an aromatic ring is 1. The monoisotopic (exact) mass is 306 g/mol.